The molecule has 3 heteroatoms. The van der Waals surface area contributed by atoms with Crippen molar-refractivity contribution in [3.8, 4) is 11.1 Å². The number of benzene rings is 6. The SMILES string of the molecule is CC1(C)CCC(C)(C)c2cc(N(c3ccc(-c4ccc5c(c4)C4(c6ccccc6S5)C5CC6CC7CC4C75C6)cc3)c3cccc4c3oc3ccccc34)ccc21. The third-order valence-corrected chi connectivity index (χ3v) is 17.8. The highest BCUT2D eigenvalue weighted by atomic mass is 32.2. The number of nitrogens with zero attached hydrogens (tertiary/aromatic N) is 1. The van der Waals surface area contributed by atoms with Crippen molar-refractivity contribution in [2.75, 3.05) is 4.90 Å². The van der Waals surface area contributed by atoms with Gasteiger partial charge in [-0.15, -0.1) is 0 Å². The van der Waals surface area contributed by atoms with Crippen LogP contribution in [0.25, 0.3) is 33.1 Å². The highest BCUT2D eigenvalue weighted by Crippen LogP contribution is 2.89. The Kier molecular flexibility index (Phi) is 6.45. The Morgan fingerprint density at radius 2 is 1.30 bits per heavy atom. The molecule has 6 unspecified atom stereocenters. The Bertz CT molecular complexity index is 2840. The second-order valence-electron chi connectivity index (χ2n) is 20.0. The maximum atomic E-state index is 6.72. The number of para-hydroxylation sites is 2. The Hall–Kier alpha value is -4.73. The van der Waals surface area contributed by atoms with Gasteiger partial charge >= 0.3 is 0 Å². The van der Waals surface area contributed by atoms with E-state index in [9.17, 15) is 0 Å². The molecule has 4 fully saturated rings. The van der Waals surface area contributed by atoms with E-state index < -0.39 is 0 Å². The van der Waals surface area contributed by atoms with E-state index in [-0.39, 0.29) is 16.2 Å². The molecule has 7 aromatic rings. The zero-order chi connectivity index (χ0) is 38.1. The molecule has 282 valence electrons. The lowest BCUT2D eigenvalue weighted by Gasteiger charge is -2.78. The molecule has 57 heavy (non-hydrogen) atoms. The van der Waals surface area contributed by atoms with E-state index in [0.29, 0.717) is 5.41 Å². The second kappa shape index (κ2) is 11.1. The third kappa shape index (κ3) is 4.15. The molecule has 6 atom stereocenters. The van der Waals surface area contributed by atoms with Crippen molar-refractivity contribution >= 4 is 50.8 Å². The van der Waals surface area contributed by atoms with Crippen LogP contribution >= 0.6 is 11.8 Å². The number of rotatable bonds is 4. The second-order valence-corrected chi connectivity index (χ2v) is 21.1. The van der Waals surface area contributed by atoms with Crippen LogP contribution < -0.4 is 4.90 Å². The molecule has 0 radical (unpaired) electrons. The lowest BCUT2D eigenvalue weighted by atomic mass is 9.26. The number of fused-ring (bicyclic) bond motifs is 11. The van der Waals surface area contributed by atoms with Crippen LogP contribution in [0.5, 0.6) is 0 Å². The first-order valence-electron chi connectivity index (χ1n) is 21.5. The van der Waals surface area contributed by atoms with Gasteiger partial charge in [0.2, 0.25) is 0 Å². The molecule has 1 aromatic heterocycles. The minimum atomic E-state index is 0.100. The minimum Gasteiger partial charge on any atom is -0.454 e. The number of hydrogen-bond donors (Lipinski definition) is 0. The smallest absolute Gasteiger partial charge is 0.159 e. The zero-order valence-electron chi connectivity index (χ0n) is 33.4. The summed E-state index contributed by atoms with van der Waals surface area (Å²) in [5.41, 5.74) is 15.1. The average Bonchev–Trinajstić information content (AvgIpc) is 3.90. The van der Waals surface area contributed by atoms with Gasteiger partial charge in [0.05, 0.1) is 5.69 Å². The van der Waals surface area contributed by atoms with Gasteiger partial charge in [0, 0.05) is 37.4 Å². The summed E-state index contributed by atoms with van der Waals surface area (Å²) < 4.78 is 6.72. The van der Waals surface area contributed by atoms with Crippen LogP contribution in [-0.2, 0) is 16.2 Å². The molecule has 6 aliphatic rings. The summed E-state index contributed by atoms with van der Waals surface area (Å²) in [6, 6.07) is 48.7. The minimum absolute atomic E-state index is 0.100. The van der Waals surface area contributed by atoms with E-state index in [1.165, 1.54) is 76.3 Å². The van der Waals surface area contributed by atoms with E-state index in [1.807, 2.05) is 11.8 Å². The van der Waals surface area contributed by atoms with Crippen LogP contribution in [0.1, 0.15) is 88.5 Å². The van der Waals surface area contributed by atoms with Gasteiger partial charge in [-0.2, -0.15) is 0 Å². The standard InChI is InChI=1S/C54H49NOS/c1-51(2)24-25-52(3,4)42-30-37(21-22-40(42)51)55(44-13-9-11-39-38-10-5-7-14-45(38)56-50(39)44)36-19-16-33(17-20-36)34-18-23-47-43(28-34)54(41-12-6-8-15-46(41)57-47)48-27-32-26-35-29-49(54)53(35,48)31-32/h5-23,28,30,32,35,48-49H,24-27,29,31H2,1-4H3. The summed E-state index contributed by atoms with van der Waals surface area (Å²) in [5, 5.41) is 2.31. The first-order valence-corrected chi connectivity index (χ1v) is 22.4. The Morgan fingerprint density at radius 3 is 2.16 bits per heavy atom. The first kappa shape index (κ1) is 33.3. The summed E-state index contributed by atoms with van der Waals surface area (Å²) >= 11 is 2.01. The van der Waals surface area contributed by atoms with Crippen LogP contribution in [0.15, 0.2) is 142 Å². The molecule has 6 aromatic carbocycles. The van der Waals surface area contributed by atoms with Gasteiger partial charge in [0.1, 0.15) is 5.58 Å². The van der Waals surface area contributed by atoms with Crippen LogP contribution in [0.4, 0.5) is 17.1 Å². The molecule has 0 saturated heterocycles. The van der Waals surface area contributed by atoms with Crippen molar-refractivity contribution in [2.24, 2.45) is 29.1 Å². The normalized spacial score (nSPS) is 29.0. The molecule has 13 rings (SSSR count). The largest absolute Gasteiger partial charge is 0.454 e. The summed E-state index contributed by atoms with van der Waals surface area (Å²) in [5.74, 6) is 3.53. The summed E-state index contributed by atoms with van der Waals surface area (Å²) in [7, 11) is 0. The fraction of sp³-hybridized carbons (Fsp3) is 0.333. The number of furan rings is 1. The van der Waals surface area contributed by atoms with E-state index in [1.54, 1.807) is 11.1 Å². The molecule has 2 heterocycles. The Labute approximate surface area is 340 Å². The molecule has 2 bridgehead atoms. The van der Waals surface area contributed by atoms with Gasteiger partial charge in [0.25, 0.3) is 0 Å². The quantitative estimate of drug-likeness (QED) is 0.178. The molecule has 4 saturated carbocycles. The fourth-order valence-electron chi connectivity index (χ4n) is 14.1. The van der Waals surface area contributed by atoms with Gasteiger partial charge in [0.15, 0.2) is 5.58 Å². The first-order chi connectivity index (χ1) is 27.7. The van der Waals surface area contributed by atoms with E-state index in [4.69, 9.17) is 4.42 Å². The predicted octanol–water partition coefficient (Wildman–Crippen LogP) is 14.9. The van der Waals surface area contributed by atoms with Crippen molar-refractivity contribution in [3.05, 3.63) is 150 Å². The molecule has 2 nitrogen and oxygen atoms in total. The molecule has 5 aliphatic carbocycles. The highest BCUT2D eigenvalue weighted by Gasteiger charge is 2.84. The van der Waals surface area contributed by atoms with Crippen LogP contribution in [0.2, 0.25) is 0 Å². The zero-order valence-corrected chi connectivity index (χ0v) is 34.3. The van der Waals surface area contributed by atoms with Gasteiger partial charge < -0.3 is 9.32 Å². The molecular formula is C54H49NOS. The summed E-state index contributed by atoms with van der Waals surface area (Å²) in [6.07, 6.45) is 8.24. The molecule has 0 amide bonds. The van der Waals surface area contributed by atoms with Crippen molar-refractivity contribution in [2.45, 2.75) is 92.3 Å². The van der Waals surface area contributed by atoms with Crippen molar-refractivity contribution in [1.29, 1.82) is 0 Å². The van der Waals surface area contributed by atoms with Crippen LogP contribution in [-0.4, -0.2) is 0 Å². The molecule has 0 N–H and O–H groups in total. The average molecular weight is 760 g/mol. The van der Waals surface area contributed by atoms with E-state index in [0.717, 1.165) is 57.0 Å². The molecule has 1 aliphatic heterocycles. The molecule has 2 spiro atoms. The van der Waals surface area contributed by atoms with E-state index in [2.05, 4.69) is 160 Å². The van der Waals surface area contributed by atoms with Gasteiger partial charge in [-0.1, -0.05) is 112 Å². The lowest BCUT2D eigenvalue weighted by Crippen LogP contribution is -2.74. The maximum absolute atomic E-state index is 6.72. The van der Waals surface area contributed by atoms with Crippen molar-refractivity contribution in [1.82, 2.24) is 0 Å². The Morgan fingerprint density at radius 1 is 0.579 bits per heavy atom. The van der Waals surface area contributed by atoms with E-state index >= 15 is 0 Å². The Balaban J connectivity index is 0.946. The van der Waals surface area contributed by atoms with Gasteiger partial charge in [-0.25, -0.2) is 0 Å². The maximum Gasteiger partial charge on any atom is 0.159 e. The van der Waals surface area contributed by atoms with Crippen LogP contribution in [0.3, 0.4) is 0 Å². The number of anilines is 3. The van der Waals surface area contributed by atoms with Gasteiger partial charge in [-0.05, 0) is 166 Å². The summed E-state index contributed by atoms with van der Waals surface area (Å²) in [4.78, 5) is 5.42. The topological polar surface area (TPSA) is 16.4 Å². The predicted molar refractivity (Wildman–Crippen MR) is 235 cm³/mol. The lowest BCUT2D eigenvalue weighted by molar-refractivity contribution is -0.235. The number of hydrogen-bond acceptors (Lipinski definition) is 3. The highest BCUT2D eigenvalue weighted by molar-refractivity contribution is 7.99. The van der Waals surface area contributed by atoms with Crippen molar-refractivity contribution in [3.63, 3.8) is 0 Å². The third-order valence-electron chi connectivity index (χ3n) is 16.7. The van der Waals surface area contributed by atoms with Crippen molar-refractivity contribution < 1.29 is 4.42 Å². The van der Waals surface area contributed by atoms with Crippen LogP contribution in [0, 0.1) is 29.1 Å². The fourth-order valence-corrected chi connectivity index (χ4v) is 15.3. The monoisotopic (exact) mass is 759 g/mol. The summed E-state index contributed by atoms with van der Waals surface area (Å²) in [6.45, 7) is 9.67. The van der Waals surface area contributed by atoms with Gasteiger partial charge in [-0.3, -0.25) is 0 Å². The molecular weight excluding hydrogens is 711 g/mol.